The van der Waals surface area contributed by atoms with Gasteiger partial charge in [0, 0.05) is 37.1 Å². The van der Waals surface area contributed by atoms with Crippen LogP contribution < -0.4 is 10.2 Å². The lowest BCUT2D eigenvalue weighted by molar-refractivity contribution is -0.140. The molecule has 0 spiro atoms. The van der Waals surface area contributed by atoms with Crippen LogP contribution in [-0.4, -0.2) is 65.5 Å². The Morgan fingerprint density at radius 1 is 0.933 bits per heavy atom. The standard InChI is InChI=1S/C22H30N4O4/c1-6-25(7-2)20(27)14-24(5)21(28)15-30-19-12-10-18(11-13-19)22(29)23-26-16(3)8-9-17(26)4/h8-13H,6-7,14-15H2,1-5H3,(H,23,29). The lowest BCUT2D eigenvalue weighted by Gasteiger charge is -2.23. The molecule has 0 saturated heterocycles. The summed E-state index contributed by atoms with van der Waals surface area (Å²) >= 11 is 0. The van der Waals surface area contributed by atoms with Gasteiger partial charge in [-0.3, -0.25) is 24.5 Å². The molecule has 8 nitrogen and oxygen atoms in total. The monoisotopic (exact) mass is 414 g/mol. The first-order valence-electron chi connectivity index (χ1n) is 9.97. The van der Waals surface area contributed by atoms with Gasteiger partial charge in [-0.1, -0.05) is 0 Å². The highest BCUT2D eigenvalue weighted by atomic mass is 16.5. The number of likely N-dealkylation sites (N-methyl/N-ethyl adjacent to an activating group) is 2. The Bertz CT molecular complexity index is 866. The minimum Gasteiger partial charge on any atom is -0.484 e. The summed E-state index contributed by atoms with van der Waals surface area (Å²) in [6.45, 7) is 8.67. The number of rotatable bonds is 9. The van der Waals surface area contributed by atoms with Crippen molar-refractivity contribution in [2.45, 2.75) is 27.7 Å². The molecular formula is C22H30N4O4. The van der Waals surface area contributed by atoms with E-state index in [4.69, 9.17) is 4.74 Å². The fourth-order valence-electron chi connectivity index (χ4n) is 2.94. The predicted molar refractivity (Wildman–Crippen MR) is 115 cm³/mol. The van der Waals surface area contributed by atoms with E-state index in [9.17, 15) is 14.4 Å². The molecule has 2 aromatic rings. The summed E-state index contributed by atoms with van der Waals surface area (Å²) in [7, 11) is 1.58. The number of carbonyl (C=O) groups is 3. The van der Waals surface area contributed by atoms with E-state index >= 15 is 0 Å². The first-order valence-corrected chi connectivity index (χ1v) is 9.97. The van der Waals surface area contributed by atoms with Crippen LogP contribution in [0.5, 0.6) is 5.75 Å². The summed E-state index contributed by atoms with van der Waals surface area (Å²) in [4.78, 5) is 39.8. The second-order valence-corrected chi connectivity index (χ2v) is 7.02. The lowest BCUT2D eigenvalue weighted by Crippen LogP contribution is -2.42. The van der Waals surface area contributed by atoms with Gasteiger partial charge in [-0.05, 0) is 64.1 Å². The number of hydrogen-bond acceptors (Lipinski definition) is 4. The van der Waals surface area contributed by atoms with Crippen LogP contribution in [0, 0.1) is 13.8 Å². The van der Waals surface area contributed by atoms with Gasteiger partial charge >= 0.3 is 0 Å². The Balaban J connectivity index is 1.87. The Hall–Kier alpha value is -3.29. The molecule has 0 fully saturated rings. The van der Waals surface area contributed by atoms with Crippen molar-refractivity contribution in [1.29, 1.82) is 0 Å². The third-order valence-corrected chi connectivity index (χ3v) is 4.88. The van der Waals surface area contributed by atoms with E-state index in [1.807, 2.05) is 39.8 Å². The fraction of sp³-hybridized carbons (Fsp3) is 0.409. The van der Waals surface area contributed by atoms with Crippen LogP contribution in [0.1, 0.15) is 35.6 Å². The van der Waals surface area contributed by atoms with E-state index in [1.165, 1.54) is 4.90 Å². The molecule has 2 rings (SSSR count). The highest BCUT2D eigenvalue weighted by Crippen LogP contribution is 2.13. The Morgan fingerprint density at radius 3 is 2.03 bits per heavy atom. The predicted octanol–water partition coefficient (Wildman–Crippen LogP) is 2.19. The number of hydrogen-bond donors (Lipinski definition) is 1. The van der Waals surface area contributed by atoms with E-state index in [2.05, 4.69) is 5.43 Å². The average molecular weight is 415 g/mol. The Labute approximate surface area is 177 Å². The molecule has 1 heterocycles. The van der Waals surface area contributed by atoms with E-state index in [-0.39, 0.29) is 30.9 Å². The first kappa shape index (κ1) is 23.0. The van der Waals surface area contributed by atoms with Crippen molar-refractivity contribution >= 4 is 17.7 Å². The van der Waals surface area contributed by atoms with Gasteiger partial charge in [0.05, 0.1) is 6.54 Å². The van der Waals surface area contributed by atoms with E-state index in [1.54, 1.807) is 40.9 Å². The molecule has 0 aliphatic rings. The molecule has 162 valence electrons. The van der Waals surface area contributed by atoms with Crippen LogP contribution in [0.25, 0.3) is 0 Å². The molecule has 0 unspecified atom stereocenters. The third-order valence-electron chi connectivity index (χ3n) is 4.88. The normalized spacial score (nSPS) is 10.4. The maximum Gasteiger partial charge on any atom is 0.270 e. The van der Waals surface area contributed by atoms with Crippen LogP contribution in [0.4, 0.5) is 0 Å². The number of ether oxygens (including phenoxy) is 1. The zero-order chi connectivity index (χ0) is 22.3. The Morgan fingerprint density at radius 2 is 1.50 bits per heavy atom. The zero-order valence-corrected chi connectivity index (χ0v) is 18.3. The molecule has 0 aliphatic heterocycles. The van der Waals surface area contributed by atoms with Gasteiger partial charge in [-0.25, -0.2) is 0 Å². The number of aromatic nitrogens is 1. The highest BCUT2D eigenvalue weighted by molar-refractivity contribution is 6.00. The molecule has 0 bridgehead atoms. The smallest absolute Gasteiger partial charge is 0.270 e. The minimum atomic E-state index is -0.295. The summed E-state index contributed by atoms with van der Waals surface area (Å²) in [5.41, 5.74) is 5.18. The van der Waals surface area contributed by atoms with Crippen LogP contribution in [-0.2, 0) is 9.59 Å². The molecule has 0 atom stereocenters. The number of carbonyl (C=O) groups excluding carboxylic acids is 3. The molecular weight excluding hydrogens is 384 g/mol. The summed E-state index contributed by atoms with van der Waals surface area (Å²) in [6.07, 6.45) is 0. The molecule has 1 N–H and O–H groups in total. The van der Waals surface area contributed by atoms with Crippen molar-refractivity contribution in [2.75, 3.05) is 38.7 Å². The highest BCUT2D eigenvalue weighted by Gasteiger charge is 2.17. The van der Waals surface area contributed by atoms with Crippen LogP contribution in [0.3, 0.4) is 0 Å². The summed E-state index contributed by atoms with van der Waals surface area (Å²) in [6, 6.07) is 10.4. The molecule has 8 heteroatoms. The lowest BCUT2D eigenvalue weighted by atomic mass is 10.2. The number of aryl methyl sites for hydroxylation is 2. The molecule has 0 saturated carbocycles. The van der Waals surface area contributed by atoms with Gasteiger partial charge < -0.3 is 14.5 Å². The number of benzene rings is 1. The minimum absolute atomic E-state index is 0.0151. The van der Waals surface area contributed by atoms with Crippen LogP contribution >= 0.6 is 0 Å². The van der Waals surface area contributed by atoms with E-state index < -0.39 is 0 Å². The first-order chi connectivity index (χ1) is 14.3. The average Bonchev–Trinajstić information content (AvgIpc) is 3.05. The fourth-order valence-corrected chi connectivity index (χ4v) is 2.94. The number of nitrogens with zero attached hydrogens (tertiary/aromatic N) is 3. The quantitative estimate of drug-likeness (QED) is 0.682. The van der Waals surface area contributed by atoms with Gasteiger partial charge in [-0.2, -0.15) is 0 Å². The van der Waals surface area contributed by atoms with Gasteiger partial charge in [0.15, 0.2) is 6.61 Å². The number of amides is 3. The second kappa shape index (κ2) is 10.5. The van der Waals surface area contributed by atoms with Crippen molar-refractivity contribution < 1.29 is 19.1 Å². The topological polar surface area (TPSA) is 83.9 Å². The number of nitrogens with one attached hydrogen (secondary N) is 1. The van der Waals surface area contributed by atoms with Crippen molar-refractivity contribution in [2.24, 2.45) is 0 Å². The van der Waals surface area contributed by atoms with Gasteiger partial charge in [0.25, 0.3) is 11.8 Å². The molecule has 30 heavy (non-hydrogen) atoms. The maximum absolute atomic E-state index is 12.4. The molecule has 3 amide bonds. The van der Waals surface area contributed by atoms with Crippen LogP contribution in [0.15, 0.2) is 36.4 Å². The van der Waals surface area contributed by atoms with Gasteiger partial charge in [0.1, 0.15) is 5.75 Å². The van der Waals surface area contributed by atoms with E-state index in [0.717, 1.165) is 11.4 Å². The SMILES string of the molecule is CCN(CC)C(=O)CN(C)C(=O)COc1ccc(C(=O)Nn2c(C)ccc2C)cc1. The van der Waals surface area contributed by atoms with Crippen molar-refractivity contribution in [3.05, 3.63) is 53.3 Å². The van der Waals surface area contributed by atoms with Gasteiger partial charge in [-0.15, -0.1) is 0 Å². The van der Waals surface area contributed by atoms with Crippen molar-refractivity contribution in [3.63, 3.8) is 0 Å². The second-order valence-electron chi connectivity index (χ2n) is 7.02. The van der Waals surface area contributed by atoms with Crippen molar-refractivity contribution in [1.82, 2.24) is 14.5 Å². The summed E-state index contributed by atoms with van der Waals surface area (Å²) in [5.74, 6) is -0.165. The maximum atomic E-state index is 12.4. The third kappa shape index (κ3) is 5.85. The largest absolute Gasteiger partial charge is 0.484 e. The van der Waals surface area contributed by atoms with Crippen LogP contribution in [0.2, 0.25) is 0 Å². The van der Waals surface area contributed by atoms with E-state index in [0.29, 0.717) is 24.4 Å². The molecule has 1 aromatic carbocycles. The summed E-state index contributed by atoms with van der Waals surface area (Å²) < 4.78 is 7.23. The molecule has 0 radical (unpaired) electrons. The summed E-state index contributed by atoms with van der Waals surface area (Å²) in [5, 5.41) is 0. The van der Waals surface area contributed by atoms with Gasteiger partial charge in [0.2, 0.25) is 5.91 Å². The van der Waals surface area contributed by atoms with Crippen molar-refractivity contribution in [3.8, 4) is 5.75 Å². The molecule has 1 aromatic heterocycles. The zero-order valence-electron chi connectivity index (χ0n) is 18.3. The molecule has 0 aliphatic carbocycles. The Kier molecular flexibility index (Phi) is 8.03.